The Morgan fingerprint density at radius 1 is 1.08 bits per heavy atom. The highest BCUT2D eigenvalue weighted by Gasteiger charge is 2.30. The number of aromatic nitrogens is 1. The predicted octanol–water partition coefficient (Wildman–Crippen LogP) is 4.82. The third-order valence-corrected chi connectivity index (χ3v) is 4.98. The van der Waals surface area contributed by atoms with E-state index in [9.17, 15) is 21.6 Å². The molecule has 0 atom stereocenters. The molecule has 0 aliphatic carbocycles. The number of thiazole rings is 1. The van der Waals surface area contributed by atoms with Gasteiger partial charge in [0.05, 0.1) is 16.2 Å². The lowest BCUT2D eigenvalue weighted by atomic mass is 10.2. The third-order valence-electron chi connectivity index (χ3n) is 3.37. The van der Waals surface area contributed by atoms with Crippen molar-refractivity contribution in [3.63, 3.8) is 0 Å². The highest BCUT2D eigenvalue weighted by atomic mass is 32.2. The number of nitrogens with zero attached hydrogens (tertiary/aromatic N) is 1. The molecule has 5 nitrogen and oxygen atoms in total. The lowest BCUT2D eigenvalue weighted by Crippen LogP contribution is -2.05. The van der Waals surface area contributed by atoms with E-state index in [0.29, 0.717) is 16.4 Å². The Labute approximate surface area is 150 Å². The maximum Gasteiger partial charge on any atom is 0.416 e. The fourth-order valence-corrected chi connectivity index (χ4v) is 3.44. The smallest absolute Gasteiger partial charge is 0.332 e. The number of hydrogen-bond acceptors (Lipinski definition) is 5. The van der Waals surface area contributed by atoms with Crippen molar-refractivity contribution >= 4 is 32.3 Å². The van der Waals surface area contributed by atoms with Crippen molar-refractivity contribution in [1.82, 2.24) is 4.98 Å². The van der Waals surface area contributed by atoms with Crippen LogP contribution in [0.5, 0.6) is 0 Å². The molecule has 1 heterocycles. The van der Waals surface area contributed by atoms with Crippen molar-refractivity contribution in [2.24, 2.45) is 0 Å². The second kappa shape index (κ2) is 6.71. The lowest BCUT2D eigenvalue weighted by Gasteiger charge is -2.09. The molecule has 0 spiro atoms. The molecule has 136 valence electrons. The van der Waals surface area contributed by atoms with Crippen LogP contribution >= 0.6 is 11.3 Å². The molecule has 26 heavy (non-hydrogen) atoms. The molecule has 0 aliphatic rings. The number of nitrogens with one attached hydrogen (secondary N) is 1. The molecule has 3 aromatic rings. The Bertz CT molecular complexity index is 1050. The van der Waals surface area contributed by atoms with Crippen LogP contribution in [-0.2, 0) is 16.3 Å². The van der Waals surface area contributed by atoms with Crippen LogP contribution in [0.1, 0.15) is 5.56 Å². The summed E-state index contributed by atoms with van der Waals surface area (Å²) in [5.41, 5.74) is 0.330. The van der Waals surface area contributed by atoms with E-state index in [1.807, 2.05) is 0 Å². The number of alkyl halides is 3. The number of halogens is 3. The summed E-state index contributed by atoms with van der Waals surface area (Å²) < 4.78 is 69.8. The Hall–Kier alpha value is -2.43. The summed E-state index contributed by atoms with van der Waals surface area (Å²) in [6.07, 6.45) is -4.44. The molecule has 3 rings (SSSR count). The minimum Gasteiger partial charge on any atom is -0.332 e. The van der Waals surface area contributed by atoms with Gasteiger partial charge in [-0.05, 0) is 30.3 Å². The maximum atomic E-state index is 12.8. The summed E-state index contributed by atoms with van der Waals surface area (Å²) in [7, 11) is -4.34. The number of hydrogen-bond donors (Lipinski definition) is 2. The lowest BCUT2D eigenvalue weighted by molar-refractivity contribution is -0.137. The molecule has 0 unspecified atom stereocenters. The van der Waals surface area contributed by atoms with Crippen LogP contribution in [0.2, 0.25) is 0 Å². The molecule has 1 aromatic heterocycles. The van der Waals surface area contributed by atoms with Crippen molar-refractivity contribution in [3.8, 4) is 11.3 Å². The Balaban J connectivity index is 1.85. The quantitative estimate of drug-likeness (QED) is 0.614. The van der Waals surface area contributed by atoms with Gasteiger partial charge >= 0.3 is 6.18 Å². The van der Waals surface area contributed by atoms with Crippen LogP contribution in [0, 0.1) is 0 Å². The standard InChI is InChI=1S/C16H11F3N2O3S2/c17-16(18,19)11-4-2-5-12(8-11)20-15-21-14(9-25-15)10-3-1-6-13(7-10)26(22,23)24/h1-9H,(H,20,21)(H,22,23,24). The van der Waals surface area contributed by atoms with Crippen molar-refractivity contribution < 1.29 is 26.1 Å². The predicted molar refractivity (Wildman–Crippen MR) is 92.1 cm³/mol. The Kier molecular flexibility index (Phi) is 4.74. The normalized spacial score (nSPS) is 12.2. The van der Waals surface area contributed by atoms with E-state index in [1.54, 1.807) is 11.4 Å². The summed E-state index contributed by atoms with van der Waals surface area (Å²) in [6.45, 7) is 0. The first-order valence-electron chi connectivity index (χ1n) is 7.11. The van der Waals surface area contributed by atoms with E-state index in [-0.39, 0.29) is 10.6 Å². The van der Waals surface area contributed by atoms with E-state index >= 15 is 0 Å². The molecule has 10 heteroatoms. The van der Waals surface area contributed by atoms with Gasteiger partial charge in [-0.15, -0.1) is 11.3 Å². The first-order valence-corrected chi connectivity index (χ1v) is 9.43. The van der Waals surface area contributed by atoms with Crippen molar-refractivity contribution in [3.05, 3.63) is 59.5 Å². The van der Waals surface area contributed by atoms with Crippen LogP contribution in [0.25, 0.3) is 11.3 Å². The fourth-order valence-electron chi connectivity index (χ4n) is 2.18. The van der Waals surface area contributed by atoms with Gasteiger partial charge in [0.1, 0.15) is 0 Å². The number of anilines is 2. The summed E-state index contributed by atoms with van der Waals surface area (Å²) in [4.78, 5) is 3.97. The number of benzene rings is 2. The largest absolute Gasteiger partial charge is 0.416 e. The second-order valence-electron chi connectivity index (χ2n) is 5.24. The zero-order valence-corrected chi connectivity index (χ0v) is 14.5. The minimum atomic E-state index is -4.44. The monoisotopic (exact) mass is 400 g/mol. The molecule has 0 saturated carbocycles. The molecule has 0 aliphatic heterocycles. The zero-order valence-electron chi connectivity index (χ0n) is 12.9. The van der Waals surface area contributed by atoms with Crippen LogP contribution in [0.3, 0.4) is 0 Å². The maximum absolute atomic E-state index is 12.8. The first-order chi connectivity index (χ1) is 12.1. The van der Waals surface area contributed by atoms with Gasteiger partial charge in [-0.1, -0.05) is 18.2 Å². The highest BCUT2D eigenvalue weighted by molar-refractivity contribution is 7.85. The van der Waals surface area contributed by atoms with E-state index < -0.39 is 21.9 Å². The first kappa shape index (κ1) is 18.4. The van der Waals surface area contributed by atoms with Crippen LogP contribution < -0.4 is 5.32 Å². The average molecular weight is 400 g/mol. The van der Waals surface area contributed by atoms with Gasteiger partial charge in [-0.25, -0.2) is 4.98 Å². The SMILES string of the molecule is O=S(=O)(O)c1cccc(-c2csc(Nc3cccc(C(F)(F)F)c3)n2)c1. The average Bonchev–Trinajstić information content (AvgIpc) is 3.02. The van der Waals surface area contributed by atoms with Crippen LogP contribution in [0.4, 0.5) is 24.0 Å². The molecule has 2 N–H and O–H groups in total. The van der Waals surface area contributed by atoms with E-state index in [0.717, 1.165) is 23.5 Å². The minimum absolute atomic E-state index is 0.229. The van der Waals surface area contributed by atoms with E-state index in [1.165, 1.54) is 30.3 Å². The van der Waals surface area contributed by atoms with Gasteiger partial charge in [-0.2, -0.15) is 21.6 Å². The molecule has 0 radical (unpaired) electrons. The molecule has 2 aromatic carbocycles. The molecule has 0 fully saturated rings. The zero-order chi connectivity index (χ0) is 18.9. The van der Waals surface area contributed by atoms with Gasteiger partial charge in [0.2, 0.25) is 0 Å². The van der Waals surface area contributed by atoms with Gasteiger partial charge < -0.3 is 5.32 Å². The summed E-state index contributed by atoms with van der Waals surface area (Å²) in [5.74, 6) is 0. The Morgan fingerprint density at radius 2 is 1.81 bits per heavy atom. The molecular weight excluding hydrogens is 389 g/mol. The molecule has 0 amide bonds. The fraction of sp³-hybridized carbons (Fsp3) is 0.0625. The van der Waals surface area contributed by atoms with E-state index in [2.05, 4.69) is 10.3 Å². The Morgan fingerprint density at radius 3 is 2.50 bits per heavy atom. The second-order valence-corrected chi connectivity index (χ2v) is 7.52. The van der Waals surface area contributed by atoms with Crippen LogP contribution in [-0.4, -0.2) is 18.0 Å². The van der Waals surface area contributed by atoms with E-state index in [4.69, 9.17) is 4.55 Å². The molecular formula is C16H11F3N2O3S2. The summed E-state index contributed by atoms with van der Waals surface area (Å²) in [6, 6.07) is 10.3. The van der Waals surface area contributed by atoms with Crippen LogP contribution in [0.15, 0.2) is 58.8 Å². The highest BCUT2D eigenvalue weighted by Crippen LogP contribution is 2.33. The summed E-state index contributed by atoms with van der Waals surface area (Å²) in [5, 5.41) is 4.76. The van der Waals surface area contributed by atoms with Crippen molar-refractivity contribution in [2.45, 2.75) is 11.1 Å². The topological polar surface area (TPSA) is 79.3 Å². The van der Waals surface area contributed by atoms with Gasteiger partial charge in [0.15, 0.2) is 5.13 Å². The number of rotatable bonds is 4. The summed E-state index contributed by atoms with van der Waals surface area (Å²) >= 11 is 1.15. The van der Waals surface area contributed by atoms with Gasteiger partial charge in [-0.3, -0.25) is 4.55 Å². The van der Waals surface area contributed by atoms with Crippen molar-refractivity contribution in [1.29, 1.82) is 0 Å². The molecule has 0 saturated heterocycles. The third kappa shape index (κ3) is 4.21. The van der Waals surface area contributed by atoms with Gasteiger partial charge in [0, 0.05) is 16.6 Å². The van der Waals surface area contributed by atoms with Crippen molar-refractivity contribution in [2.75, 3.05) is 5.32 Å². The molecule has 0 bridgehead atoms. The van der Waals surface area contributed by atoms with Gasteiger partial charge in [0.25, 0.3) is 10.1 Å².